The fourth-order valence-corrected chi connectivity index (χ4v) is 1.72. The van der Waals surface area contributed by atoms with Gasteiger partial charge in [-0.25, -0.2) is 0 Å². The second kappa shape index (κ2) is 9.44. The highest BCUT2D eigenvalue weighted by Crippen LogP contribution is 2.31. The molecule has 20 heavy (non-hydrogen) atoms. The van der Waals surface area contributed by atoms with E-state index in [9.17, 15) is 13.2 Å². The molecule has 0 radical (unpaired) electrons. The summed E-state index contributed by atoms with van der Waals surface area (Å²) in [5.74, 6) is 0. The summed E-state index contributed by atoms with van der Waals surface area (Å²) < 4.78 is 39.1. The van der Waals surface area contributed by atoms with Crippen LogP contribution in [0.15, 0.2) is 6.20 Å². The third-order valence-electron chi connectivity index (χ3n) is 2.56. The zero-order chi connectivity index (χ0) is 13.8. The molecule has 0 spiro atoms. The fourth-order valence-electron chi connectivity index (χ4n) is 1.72. The van der Waals surface area contributed by atoms with Crippen molar-refractivity contribution in [2.24, 2.45) is 7.05 Å². The number of rotatable bonds is 6. The lowest BCUT2D eigenvalue weighted by Gasteiger charge is -2.11. The molecular formula is C11H21Cl2F3N4. The van der Waals surface area contributed by atoms with E-state index in [0.29, 0.717) is 6.54 Å². The largest absolute Gasteiger partial charge is 0.433 e. The van der Waals surface area contributed by atoms with Gasteiger partial charge in [-0.1, -0.05) is 0 Å². The molecule has 0 saturated heterocycles. The van der Waals surface area contributed by atoms with Gasteiger partial charge in [0.15, 0.2) is 0 Å². The first-order valence-electron chi connectivity index (χ1n) is 5.76. The molecule has 0 bridgehead atoms. The molecule has 9 heteroatoms. The number of hydrogen-bond acceptors (Lipinski definition) is 3. The van der Waals surface area contributed by atoms with Crippen molar-refractivity contribution < 1.29 is 13.2 Å². The molecule has 0 saturated carbocycles. The predicted octanol–water partition coefficient (Wildman–Crippen LogP) is 2.32. The highest BCUT2D eigenvalue weighted by atomic mass is 35.5. The van der Waals surface area contributed by atoms with Crippen molar-refractivity contribution in [3.8, 4) is 0 Å². The normalized spacial score (nSPS) is 11.2. The first-order chi connectivity index (χ1) is 8.32. The Morgan fingerprint density at radius 3 is 2.40 bits per heavy atom. The number of nitrogens with one attached hydrogen (secondary N) is 1. The zero-order valence-electron chi connectivity index (χ0n) is 11.7. The molecule has 0 aliphatic carbocycles. The van der Waals surface area contributed by atoms with E-state index >= 15 is 0 Å². The van der Waals surface area contributed by atoms with Gasteiger partial charge in [-0.05, 0) is 33.6 Å². The standard InChI is InChI=1S/C11H19F3N4.2ClH/c1-17(2)6-4-5-15-7-9-8-16-18(3)10(9)11(12,13)14;;/h8,15H,4-7H2,1-3H3;2*1H. The lowest BCUT2D eigenvalue weighted by molar-refractivity contribution is -0.144. The first kappa shape index (κ1) is 21.8. The van der Waals surface area contributed by atoms with E-state index < -0.39 is 11.9 Å². The smallest absolute Gasteiger partial charge is 0.312 e. The molecule has 1 aromatic rings. The van der Waals surface area contributed by atoms with Gasteiger partial charge in [0.1, 0.15) is 5.69 Å². The minimum atomic E-state index is -4.36. The molecule has 1 N–H and O–H groups in total. The van der Waals surface area contributed by atoms with Crippen LogP contribution in [-0.2, 0) is 19.8 Å². The second-order valence-corrected chi connectivity index (χ2v) is 4.47. The highest BCUT2D eigenvalue weighted by Gasteiger charge is 2.36. The van der Waals surface area contributed by atoms with Crippen LogP contribution in [0.3, 0.4) is 0 Å². The zero-order valence-corrected chi connectivity index (χ0v) is 13.3. The maximum absolute atomic E-state index is 12.7. The summed E-state index contributed by atoms with van der Waals surface area (Å²) in [4.78, 5) is 2.03. The molecule has 1 heterocycles. The average molecular weight is 337 g/mol. The SMILES string of the molecule is CN(C)CCCNCc1cnn(C)c1C(F)(F)F.Cl.Cl. The molecule has 1 rings (SSSR count). The summed E-state index contributed by atoms with van der Waals surface area (Å²) in [5, 5.41) is 6.66. The maximum atomic E-state index is 12.7. The number of nitrogens with zero attached hydrogens (tertiary/aromatic N) is 3. The summed E-state index contributed by atoms with van der Waals surface area (Å²) in [6.07, 6.45) is -2.19. The number of alkyl halides is 3. The molecule has 0 unspecified atom stereocenters. The van der Waals surface area contributed by atoms with Crippen molar-refractivity contribution >= 4 is 24.8 Å². The van der Waals surface area contributed by atoms with Crippen molar-refractivity contribution in [1.29, 1.82) is 0 Å². The Morgan fingerprint density at radius 2 is 1.90 bits per heavy atom. The van der Waals surface area contributed by atoms with Crippen LogP contribution in [0.1, 0.15) is 17.7 Å². The van der Waals surface area contributed by atoms with Gasteiger partial charge >= 0.3 is 6.18 Å². The fraction of sp³-hybridized carbons (Fsp3) is 0.727. The van der Waals surface area contributed by atoms with E-state index in [4.69, 9.17) is 0 Å². The lowest BCUT2D eigenvalue weighted by atomic mass is 10.2. The minimum Gasteiger partial charge on any atom is -0.312 e. The van der Waals surface area contributed by atoms with Crippen LogP contribution < -0.4 is 5.32 Å². The van der Waals surface area contributed by atoms with Gasteiger partial charge < -0.3 is 10.2 Å². The Labute approximate surface area is 129 Å². The van der Waals surface area contributed by atoms with Crippen molar-refractivity contribution in [2.45, 2.75) is 19.1 Å². The average Bonchev–Trinajstić information content (AvgIpc) is 2.58. The Kier molecular flexibility index (Phi) is 10.3. The Balaban J connectivity index is 0. The number of halogens is 5. The van der Waals surface area contributed by atoms with Gasteiger partial charge in [0.25, 0.3) is 0 Å². The van der Waals surface area contributed by atoms with Gasteiger partial charge in [0, 0.05) is 19.2 Å². The Hall–Kier alpha value is -0.500. The summed E-state index contributed by atoms with van der Waals surface area (Å²) in [5.41, 5.74) is -0.488. The lowest BCUT2D eigenvalue weighted by Crippen LogP contribution is -2.22. The Bertz CT molecular complexity index is 380. The van der Waals surface area contributed by atoms with Crippen molar-refractivity contribution in [2.75, 3.05) is 27.2 Å². The van der Waals surface area contributed by atoms with E-state index in [0.717, 1.165) is 17.6 Å². The summed E-state index contributed by atoms with van der Waals surface area (Å²) in [7, 11) is 5.23. The summed E-state index contributed by atoms with van der Waals surface area (Å²) in [6.45, 7) is 1.78. The molecule has 0 aliphatic rings. The van der Waals surface area contributed by atoms with Gasteiger partial charge in [-0.2, -0.15) is 18.3 Å². The van der Waals surface area contributed by atoms with E-state index in [1.165, 1.54) is 13.2 Å². The minimum absolute atomic E-state index is 0. The summed E-state index contributed by atoms with van der Waals surface area (Å²) >= 11 is 0. The number of aromatic nitrogens is 2. The third kappa shape index (κ3) is 6.78. The van der Waals surface area contributed by atoms with Crippen LogP contribution >= 0.6 is 24.8 Å². The van der Waals surface area contributed by atoms with Crippen molar-refractivity contribution in [1.82, 2.24) is 20.0 Å². The molecule has 0 amide bonds. The third-order valence-corrected chi connectivity index (χ3v) is 2.56. The molecule has 0 aliphatic heterocycles. The molecule has 120 valence electrons. The highest BCUT2D eigenvalue weighted by molar-refractivity contribution is 5.85. The number of aryl methyl sites for hydroxylation is 1. The molecule has 0 aromatic carbocycles. The first-order valence-corrected chi connectivity index (χ1v) is 5.76. The monoisotopic (exact) mass is 336 g/mol. The van der Waals surface area contributed by atoms with Crippen LogP contribution in [0.2, 0.25) is 0 Å². The van der Waals surface area contributed by atoms with Crippen molar-refractivity contribution in [3.63, 3.8) is 0 Å². The van der Waals surface area contributed by atoms with E-state index in [1.54, 1.807) is 0 Å². The van der Waals surface area contributed by atoms with Crippen LogP contribution in [-0.4, -0.2) is 41.9 Å². The molecule has 4 nitrogen and oxygen atoms in total. The van der Waals surface area contributed by atoms with Crippen LogP contribution in [0, 0.1) is 0 Å². The Morgan fingerprint density at radius 1 is 1.30 bits per heavy atom. The van der Waals surface area contributed by atoms with Crippen molar-refractivity contribution in [3.05, 3.63) is 17.5 Å². The second-order valence-electron chi connectivity index (χ2n) is 4.47. The van der Waals surface area contributed by atoms with Gasteiger partial charge in [0.2, 0.25) is 0 Å². The van der Waals surface area contributed by atoms with Crippen LogP contribution in [0.25, 0.3) is 0 Å². The number of hydrogen-bond donors (Lipinski definition) is 1. The predicted molar refractivity (Wildman–Crippen MR) is 77.6 cm³/mol. The van der Waals surface area contributed by atoms with Crippen LogP contribution in [0.5, 0.6) is 0 Å². The topological polar surface area (TPSA) is 33.1 Å². The van der Waals surface area contributed by atoms with Crippen LogP contribution in [0.4, 0.5) is 13.2 Å². The van der Waals surface area contributed by atoms with E-state index in [1.807, 2.05) is 19.0 Å². The van der Waals surface area contributed by atoms with E-state index in [2.05, 4.69) is 10.4 Å². The molecular weight excluding hydrogens is 316 g/mol. The van der Waals surface area contributed by atoms with Gasteiger partial charge in [-0.3, -0.25) is 4.68 Å². The van der Waals surface area contributed by atoms with E-state index in [-0.39, 0.29) is 36.9 Å². The molecule has 0 atom stereocenters. The molecule has 1 aromatic heterocycles. The summed E-state index contributed by atoms with van der Waals surface area (Å²) in [6, 6.07) is 0. The van der Waals surface area contributed by atoms with Gasteiger partial charge in [-0.15, -0.1) is 24.8 Å². The quantitative estimate of drug-likeness (QED) is 0.809. The van der Waals surface area contributed by atoms with Gasteiger partial charge in [0.05, 0.1) is 6.20 Å². The maximum Gasteiger partial charge on any atom is 0.433 e. The molecule has 0 fully saturated rings.